The number of aliphatic carboxylic acids is 1. The molecular formula is C12H20N2O3. The van der Waals surface area contributed by atoms with Gasteiger partial charge in [0, 0.05) is 6.54 Å². The molecule has 5 nitrogen and oxygen atoms in total. The van der Waals surface area contributed by atoms with Crippen LogP contribution in [0.4, 0.5) is 0 Å². The van der Waals surface area contributed by atoms with E-state index in [-0.39, 0.29) is 11.8 Å². The van der Waals surface area contributed by atoms with Gasteiger partial charge in [-0.15, -0.1) is 0 Å². The summed E-state index contributed by atoms with van der Waals surface area (Å²) < 4.78 is 0. The zero-order chi connectivity index (χ0) is 12.5. The molecule has 0 aromatic rings. The third kappa shape index (κ3) is 2.77. The van der Waals surface area contributed by atoms with Gasteiger partial charge in [0.1, 0.15) is 6.04 Å². The Morgan fingerprint density at radius 1 is 1.47 bits per heavy atom. The molecule has 0 aromatic heterocycles. The fourth-order valence-electron chi connectivity index (χ4n) is 2.38. The Kier molecular flexibility index (Phi) is 3.38. The van der Waals surface area contributed by atoms with Crippen LogP contribution in [0.25, 0.3) is 0 Å². The van der Waals surface area contributed by atoms with Crippen LogP contribution in [0.5, 0.6) is 0 Å². The van der Waals surface area contributed by atoms with E-state index in [1.54, 1.807) is 0 Å². The van der Waals surface area contributed by atoms with Gasteiger partial charge < -0.3 is 15.7 Å². The molecule has 0 bridgehead atoms. The number of carboxylic acid groups (broad SMARTS) is 1. The summed E-state index contributed by atoms with van der Waals surface area (Å²) in [6.07, 6.45) is 3.60. The van der Waals surface area contributed by atoms with Crippen LogP contribution in [0.2, 0.25) is 0 Å². The van der Waals surface area contributed by atoms with Crippen LogP contribution >= 0.6 is 0 Å². The fraction of sp³-hybridized carbons (Fsp3) is 0.833. The highest BCUT2D eigenvalue weighted by Crippen LogP contribution is 2.34. The second-order valence-corrected chi connectivity index (χ2v) is 5.47. The van der Waals surface area contributed by atoms with Gasteiger partial charge in [-0.3, -0.25) is 4.79 Å². The van der Waals surface area contributed by atoms with Crippen molar-refractivity contribution in [2.24, 2.45) is 11.3 Å². The molecule has 1 aliphatic carbocycles. The Hall–Kier alpha value is -1.10. The van der Waals surface area contributed by atoms with E-state index in [0.29, 0.717) is 6.54 Å². The third-order valence-corrected chi connectivity index (χ3v) is 3.79. The molecule has 2 unspecified atom stereocenters. The van der Waals surface area contributed by atoms with E-state index < -0.39 is 17.4 Å². The van der Waals surface area contributed by atoms with Crippen molar-refractivity contribution in [3.63, 3.8) is 0 Å². The zero-order valence-corrected chi connectivity index (χ0v) is 10.2. The molecule has 17 heavy (non-hydrogen) atoms. The van der Waals surface area contributed by atoms with Crippen LogP contribution < -0.4 is 10.6 Å². The highest BCUT2D eigenvalue weighted by atomic mass is 16.4. The number of nitrogens with one attached hydrogen (secondary N) is 2. The average molecular weight is 240 g/mol. The lowest BCUT2D eigenvalue weighted by atomic mass is 9.81. The van der Waals surface area contributed by atoms with Gasteiger partial charge in [-0.05, 0) is 45.1 Å². The first-order chi connectivity index (χ1) is 8.03. The van der Waals surface area contributed by atoms with Gasteiger partial charge in [0.2, 0.25) is 5.91 Å². The predicted octanol–water partition coefficient (Wildman–Crippen LogP) is 0.355. The first-order valence-corrected chi connectivity index (χ1v) is 6.27. The van der Waals surface area contributed by atoms with Crippen molar-refractivity contribution in [2.75, 3.05) is 13.1 Å². The molecule has 1 saturated carbocycles. The van der Waals surface area contributed by atoms with Crippen LogP contribution in [-0.2, 0) is 9.59 Å². The van der Waals surface area contributed by atoms with Gasteiger partial charge in [0.15, 0.2) is 0 Å². The maximum absolute atomic E-state index is 12.2. The Morgan fingerprint density at radius 2 is 2.18 bits per heavy atom. The Balaban J connectivity index is 1.96. The molecule has 1 heterocycles. The van der Waals surface area contributed by atoms with Gasteiger partial charge in [0.25, 0.3) is 0 Å². The standard InChI is InChI=1S/C12H20N2O3/c1-12(5-2-6-13-7-12)11(17)14-9(10(15)16)8-3-4-8/h8-9,13H,2-7H2,1H3,(H,14,17)(H,15,16). The normalized spacial score (nSPS) is 30.6. The molecule has 0 spiro atoms. The minimum atomic E-state index is -0.909. The number of hydrogen-bond acceptors (Lipinski definition) is 3. The second-order valence-electron chi connectivity index (χ2n) is 5.47. The lowest BCUT2D eigenvalue weighted by molar-refractivity contribution is -0.144. The molecule has 5 heteroatoms. The summed E-state index contributed by atoms with van der Waals surface area (Å²) in [5.41, 5.74) is -0.457. The summed E-state index contributed by atoms with van der Waals surface area (Å²) in [6.45, 7) is 3.48. The lowest BCUT2D eigenvalue weighted by Gasteiger charge is -2.33. The molecule has 0 aromatic carbocycles. The summed E-state index contributed by atoms with van der Waals surface area (Å²) in [7, 11) is 0. The lowest BCUT2D eigenvalue weighted by Crippen LogP contribution is -2.53. The molecule has 2 atom stereocenters. The summed E-state index contributed by atoms with van der Waals surface area (Å²) in [5.74, 6) is -0.895. The van der Waals surface area contributed by atoms with E-state index in [1.165, 1.54) is 0 Å². The SMILES string of the molecule is CC1(C(=O)NC(C(=O)O)C2CC2)CCCNC1. The van der Waals surface area contributed by atoms with Gasteiger partial charge in [-0.2, -0.15) is 0 Å². The summed E-state index contributed by atoms with van der Waals surface area (Å²) in [6, 6.07) is -0.693. The molecule has 3 N–H and O–H groups in total. The van der Waals surface area contributed by atoms with Gasteiger partial charge >= 0.3 is 5.97 Å². The van der Waals surface area contributed by atoms with Crippen LogP contribution in [0.1, 0.15) is 32.6 Å². The highest BCUT2D eigenvalue weighted by molar-refractivity contribution is 5.87. The van der Waals surface area contributed by atoms with Crippen LogP contribution in [0, 0.1) is 11.3 Å². The van der Waals surface area contributed by atoms with Crippen LogP contribution in [-0.4, -0.2) is 36.1 Å². The quantitative estimate of drug-likeness (QED) is 0.663. The minimum Gasteiger partial charge on any atom is -0.480 e. The number of carbonyl (C=O) groups excluding carboxylic acids is 1. The van der Waals surface area contributed by atoms with Crippen molar-refractivity contribution < 1.29 is 14.7 Å². The van der Waals surface area contributed by atoms with E-state index in [2.05, 4.69) is 10.6 Å². The molecule has 2 rings (SSSR count). The molecule has 1 aliphatic heterocycles. The third-order valence-electron chi connectivity index (χ3n) is 3.79. The van der Waals surface area contributed by atoms with Crippen molar-refractivity contribution in [1.82, 2.24) is 10.6 Å². The first-order valence-electron chi connectivity index (χ1n) is 6.27. The largest absolute Gasteiger partial charge is 0.480 e. The molecule has 2 fully saturated rings. The number of amides is 1. The van der Waals surface area contributed by atoms with Crippen LogP contribution in [0.15, 0.2) is 0 Å². The number of carbonyl (C=O) groups is 2. The predicted molar refractivity (Wildman–Crippen MR) is 62.5 cm³/mol. The van der Waals surface area contributed by atoms with Crippen molar-refractivity contribution >= 4 is 11.9 Å². The zero-order valence-electron chi connectivity index (χ0n) is 10.2. The smallest absolute Gasteiger partial charge is 0.326 e. The van der Waals surface area contributed by atoms with E-state index in [9.17, 15) is 9.59 Å². The minimum absolute atomic E-state index is 0.121. The Bertz CT molecular complexity index is 320. The molecular weight excluding hydrogens is 220 g/mol. The summed E-state index contributed by atoms with van der Waals surface area (Å²) in [4.78, 5) is 23.2. The Morgan fingerprint density at radius 3 is 2.65 bits per heavy atom. The number of carboxylic acids is 1. The maximum atomic E-state index is 12.2. The molecule has 2 aliphatic rings. The number of rotatable bonds is 4. The molecule has 1 amide bonds. The van der Waals surface area contributed by atoms with E-state index in [1.807, 2.05) is 6.92 Å². The average Bonchev–Trinajstić information content (AvgIpc) is 3.10. The number of piperidine rings is 1. The highest BCUT2D eigenvalue weighted by Gasteiger charge is 2.41. The monoisotopic (exact) mass is 240 g/mol. The second kappa shape index (κ2) is 4.64. The maximum Gasteiger partial charge on any atom is 0.326 e. The van der Waals surface area contributed by atoms with E-state index >= 15 is 0 Å². The molecule has 96 valence electrons. The fourth-order valence-corrected chi connectivity index (χ4v) is 2.38. The summed E-state index contributed by atoms with van der Waals surface area (Å²) >= 11 is 0. The van der Waals surface area contributed by atoms with Gasteiger partial charge in [-0.1, -0.05) is 0 Å². The molecule has 0 radical (unpaired) electrons. The van der Waals surface area contributed by atoms with Gasteiger partial charge in [0.05, 0.1) is 5.41 Å². The van der Waals surface area contributed by atoms with Crippen molar-refractivity contribution in [3.05, 3.63) is 0 Å². The molecule has 1 saturated heterocycles. The summed E-state index contributed by atoms with van der Waals surface area (Å²) in [5, 5.41) is 15.0. The Labute approximate surface area is 101 Å². The van der Waals surface area contributed by atoms with Crippen molar-refractivity contribution in [3.8, 4) is 0 Å². The topological polar surface area (TPSA) is 78.4 Å². The van der Waals surface area contributed by atoms with Crippen LogP contribution in [0.3, 0.4) is 0 Å². The van der Waals surface area contributed by atoms with Crippen molar-refractivity contribution in [1.29, 1.82) is 0 Å². The van der Waals surface area contributed by atoms with E-state index in [0.717, 1.165) is 32.2 Å². The first kappa shape index (κ1) is 12.4. The van der Waals surface area contributed by atoms with E-state index in [4.69, 9.17) is 5.11 Å². The number of hydrogen-bond donors (Lipinski definition) is 3. The van der Waals surface area contributed by atoms with Gasteiger partial charge in [-0.25, -0.2) is 4.79 Å². The van der Waals surface area contributed by atoms with Crippen molar-refractivity contribution in [2.45, 2.75) is 38.6 Å².